The van der Waals surface area contributed by atoms with Gasteiger partial charge in [-0.3, -0.25) is 4.79 Å². The van der Waals surface area contributed by atoms with Crippen molar-refractivity contribution in [1.82, 2.24) is 0 Å². The minimum atomic E-state index is -0.630. The summed E-state index contributed by atoms with van der Waals surface area (Å²) in [5.74, 6) is -0.00972. The number of carbonyl (C=O) groups is 2. The summed E-state index contributed by atoms with van der Waals surface area (Å²) in [4.78, 5) is 23.6. The summed E-state index contributed by atoms with van der Waals surface area (Å²) in [5, 5.41) is 2.65. The van der Waals surface area contributed by atoms with E-state index in [-0.39, 0.29) is 13.2 Å². The number of ether oxygens (including phenoxy) is 3. The first-order valence-electron chi connectivity index (χ1n) is 8.45. The molecule has 0 bridgehead atoms. The number of carbonyl (C=O) groups excluding carboxylic acids is 2. The third-order valence-corrected chi connectivity index (χ3v) is 3.36. The van der Waals surface area contributed by atoms with Gasteiger partial charge in [0.1, 0.15) is 0 Å². The number of para-hydroxylation sites is 2. The zero-order chi connectivity index (χ0) is 18.8. The molecule has 0 aromatic heterocycles. The molecule has 0 spiro atoms. The van der Waals surface area contributed by atoms with Crippen LogP contribution in [0.2, 0.25) is 0 Å². The van der Waals surface area contributed by atoms with Crippen LogP contribution in [0.1, 0.15) is 18.9 Å². The van der Waals surface area contributed by atoms with Crippen LogP contribution in [0.4, 0.5) is 5.69 Å². The van der Waals surface area contributed by atoms with Crippen LogP contribution < -0.4 is 14.8 Å². The molecule has 0 aliphatic heterocycles. The minimum absolute atomic E-state index is 0.301. The van der Waals surface area contributed by atoms with Crippen molar-refractivity contribution in [2.45, 2.75) is 20.3 Å². The lowest BCUT2D eigenvalue weighted by atomic mass is 10.2. The molecule has 26 heavy (non-hydrogen) atoms. The molecule has 0 radical (unpaired) electrons. The molecule has 0 unspecified atom stereocenters. The fraction of sp³-hybridized carbons (Fsp3) is 0.300. The summed E-state index contributed by atoms with van der Waals surface area (Å²) < 4.78 is 15.9. The first-order chi connectivity index (χ1) is 12.6. The van der Waals surface area contributed by atoms with Gasteiger partial charge < -0.3 is 19.5 Å². The van der Waals surface area contributed by atoms with Gasteiger partial charge in [-0.25, -0.2) is 4.79 Å². The smallest absolute Gasteiger partial charge is 0.344 e. The van der Waals surface area contributed by atoms with Gasteiger partial charge in [-0.15, -0.1) is 0 Å². The summed E-state index contributed by atoms with van der Waals surface area (Å²) >= 11 is 0. The largest absolute Gasteiger partial charge is 0.490 e. The Balaban J connectivity index is 1.75. The zero-order valence-electron chi connectivity index (χ0n) is 15.0. The minimum Gasteiger partial charge on any atom is -0.490 e. The molecule has 1 N–H and O–H groups in total. The first kappa shape index (κ1) is 19.3. The molecule has 0 saturated carbocycles. The quantitative estimate of drug-likeness (QED) is 0.697. The third kappa shape index (κ3) is 6.47. The highest BCUT2D eigenvalue weighted by atomic mass is 16.6. The summed E-state index contributed by atoms with van der Waals surface area (Å²) in [5.41, 5.74) is 1.74. The van der Waals surface area contributed by atoms with E-state index in [1.807, 2.05) is 32.0 Å². The van der Waals surface area contributed by atoms with Crippen LogP contribution >= 0.6 is 0 Å². The van der Waals surface area contributed by atoms with E-state index in [9.17, 15) is 9.59 Å². The molecular formula is C20H23NO5. The predicted molar refractivity (Wildman–Crippen MR) is 98.5 cm³/mol. The molecule has 2 aromatic carbocycles. The number of esters is 1. The number of nitrogens with one attached hydrogen (secondary N) is 1. The maximum absolute atomic E-state index is 11.8. The molecule has 1 amide bonds. The van der Waals surface area contributed by atoms with Crippen molar-refractivity contribution < 1.29 is 23.8 Å². The second-order valence-electron chi connectivity index (χ2n) is 5.66. The fourth-order valence-corrected chi connectivity index (χ4v) is 2.06. The molecule has 0 aliphatic rings. The van der Waals surface area contributed by atoms with Crippen LogP contribution in [0.3, 0.4) is 0 Å². The summed E-state index contributed by atoms with van der Waals surface area (Å²) in [6.07, 6.45) is 0.868. The molecular weight excluding hydrogens is 334 g/mol. The fourth-order valence-electron chi connectivity index (χ4n) is 2.06. The van der Waals surface area contributed by atoms with E-state index in [0.29, 0.717) is 23.8 Å². The predicted octanol–water partition coefficient (Wildman–Crippen LogP) is 3.34. The van der Waals surface area contributed by atoms with Gasteiger partial charge in [0.05, 0.1) is 6.61 Å². The lowest BCUT2D eigenvalue weighted by Crippen LogP contribution is -2.23. The Hall–Kier alpha value is -3.02. The van der Waals surface area contributed by atoms with Crippen molar-refractivity contribution >= 4 is 17.6 Å². The van der Waals surface area contributed by atoms with Crippen LogP contribution in [-0.4, -0.2) is 31.7 Å². The van der Waals surface area contributed by atoms with E-state index < -0.39 is 11.9 Å². The number of amides is 1. The Labute approximate surface area is 153 Å². The molecule has 6 nitrogen and oxygen atoms in total. The second-order valence-corrected chi connectivity index (χ2v) is 5.66. The number of aryl methyl sites for hydroxylation is 1. The van der Waals surface area contributed by atoms with Gasteiger partial charge in [0.15, 0.2) is 24.7 Å². The standard InChI is InChI=1S/C20H23NO5/c1-3-12-24-17-6-4-5-7-18(17)25-14-20(23)26-13-19(22)21-16-10-8-15(2)9-11-16/h4-11H,3,12-14H2,1-2H3,(H,21,22). The lowest BCUT2D eigenvalue weighted by Gasteiger charge is -2.12. The van der Waals surface area contributed by atoms with Gasteiger partial charge in [-0.05, 0) is 37.6 Å². The monoisotopic (exact) mass is 357 g/mol. The van der Waals surface area contributed by atoms with Crippen LogP contribution in [0.15, 0.2) is 48.5 Å². The number of anilines is 1. The van der Waals surface area contributed by atoms with Crippen molar-refractivity contribution in [3.05, 3.63) is 54.1 Å². The molecule has 0 atom stereocenters. The van der Waals surface area contributed by atoms with Crippen molar-refractivity contribution in [1.29, 1.82) is 0 Å². The summed E-state index contributed by atoms with van der Waals surface area (Å²) in [6.45, 7) is 3.85. The van der Waals surface area contributed by atoms with E-state index in [2.05, 4.69) is 5.32 Å². The van der Waals surface area contributed by atoms with Gasteiger partial charge in [0.25, 0.3) is 5.91 Å². The molecule has 2 rings (SSSR count). The summed E-state index contributed by atoms with van der Waals surface area (Å²) in [6, 6.07) is 14.4. The van der Waals surface area contributed by atoms with E-state index in [0.717, 1.165) is 12.0 Å². The van der Waals surface area contributed by atoms with E-state index >= 15 is 0 Å². The molecule has 6 heteroatoms. The van der Waals surface area contributed by atoms with Crippen molar-refractivity contribution in [3.8, 4) is 11.5 Å². The molecule has 0 saturated heterocycles. The SMILES string of the molecule is CCCOc1ccccc1OCC(=O)OCC(=O)Nc1ccc(C)cc1. The highest BCUT2D eigenvalue weighted by Crippen LogP contribution is 2.26. The van der Waals surface area contributed by atoms with Gasteiger partial charge >= 0.3 is 5.97 Å². The topological polar surface area (TPSA) is 73.9 Å². The van der Waals surface area contributed by atoms with Gasteiger partial charge in [0, 0.05) is 5.69 Å². The maximum Gasteiger partial charge on any atom is 0.344 e. The number of rotatable bonds is 9. The van der Waals surface area contributed by atoms with E-state index in [1.54, 1.807) is 30.3 Å². The van der Waals surface area contributed by atoms with E-state index in [1.165, 1.54) is 0 Å². The van der Waals surface area contributed by atoms with Crippen molar-refractivity contribution in [3.63, 3.8) is 0 Å². The normalized spacial score (nSPS) is 10.1. The number of hydrogen-bond acceptors (Lipinski definition) is 5. The first-order valence-corrected chi connectivity index (χ1v) is 8.45. The maximum atomic E-state index is 11.8. The van der Waals surface area contributed by atoms with Gasteiger partial charge in [-0.2, -0.15) is 0 Å². The van der Waals surface area contributed by atoms with Crippen LogP contribution in [0.5, 0.6) is 11.5 Å². The Bertz CT molecular complexity index is 727. The van der Waals surface area contributed by atoms with E-state index in [4.69, 9.17) is 14.2 Å². The van der Waals surface area contributed by atoms with Crippen LogP contribution in [0, 0.1) is 6.92 Å². The molecule has 138 valence electrons. The van der Waals surface area contributed by atoms with Crippen molar-refractivity contribution in [2.24, 2.45) is 0 Å². The lowest BCUT2D eigenvalue weighted by molar-refractivity contribution is -0.149. The number of hydrogen-bond donors (Lipinski definition) is 1. The summed E-state index contributed by atoms with van der Waals surface area (Å²) in [7, 11) is 0. The Morgan fingerprint density at radius 3 is 2.23 bits per heavy atom. The Kier molecular flexibility index (Phi) is 7.49. The molecule has 0 fully saturated rings. The van der Waals surface area contributed by atoms with Crippen LogP contribution in [-0.2, 0) is 14.3 Å². The zero-order valence-corrected chi connectivity index (χ0v) is 15.0. The van der Waals surface area contributed by atoms with Crippen molar-refractivity contribution in [2.75, 3.05) is 25.1 Å². The van der Waals surface area contributed by atoms with Gasteiger partial charge in [0.2, 0.25) is 0 Å². The molecule has 0 heterocycles. The third-order valence-electron chi connectivity index (χ3n) is 3.36. The Morgan fingerprint density at radius 1 is 0.923 bits per heavy atom. The van der Waals surface area contributed by atoms with Crippen LogP contribution in [0.25, 0.3) is 0 Å². The average Bonchev–Trinajstić information content (AvgIpc) is 2.65. The second kappa shape index (κ2) is 10.1. The number of benzene rings is 2. The highest BCUT2D eigenvalue weighted by molar-refractivity contribution is 5.92. The highest BCUT2D eigenvalue weighted by Gasteiger charge is 2.11. The molecule has 2 aromatic rings. The Morgan fingerprint density at radius 2 is 1.58 bits per heavy atom. The van der Waals surface area contributed by atoms with Gasteiger partial charge in [-0.1, -0.05) is 36.8 Å². The average molecular weight is 357 g/mol. The molecule has 0 aliphatic carbocycles.